The Bertz CT molecular complexity index is 704. The molecule has 1 aromatic carbocycles. The molecule has 0 bridgehead atoms. The topological polar surface area (TPSA) is 76.5 Å². The molecule has 0 spiro atoms. The Morgan fingerprint density at radius 3 is 2.29 bits per heavy atom. The van der Waals surface area contributed by atoms with Gasteiger partial charge in [-0.3, -0.25) is 4.79 Å². The molecule has 10 heteroatoms. The Kier molecular flexibility index (Phi) is 7.18. The average molecular weight is 382 g/mol. The average Bonchev–Trinajstić information content (AvgIpc) is 2.89. The molecule has 0 aliphatic heterocycles. The lowest BCUT2D eigenvalue weighted by atomic mass is 10.2. The second-order valence-corrected chi connectivity index (χ2v) is 5.79. The summed E-state index contributed by atoms with van der Waals surface area (Å²) in [5.41, 5.74) is -0.433. The van der Waals surface area contributed by atoms with Gasteiger partial charge in [0.15, 0.2) is 10.2 Å². The summed E-state index contributed by atoms with van der Waals surface area (Å²) in [6, 6.07) is 9.60. The minimum Gasteiger partial charge on any atom is -0.477 e. The lowest BCUT2D eigenvalue weighted by Crippen LogP contribution is -2.11. The Morgan fingerprint density at radius 1 is 1.29 bits per heavy atom. The number of halogens is 4. The lowest BCUT2D eigenvalue weighted by molar-refractivity contribution is -0.142. The van der Waals surface area contributed by atoms with Gasteiger partial charge in [0.25, 0.3) is 0 Å². The summed E-state index contributed by atoms with van der Waals surface area (Å²) >= 11 is 5.44. The van der Waals surface area contributed by atoms with Gasteiger partial charge in [-0.1, -0.05) is 53.3 Å². The molecular weight excluding hydrogens is 371 g/mol. The van der Waals surface area contributed by atoms with Crippen LogP contribution in [0.25, 0.3) is 0 Å². The molecule has 24 heavy (non-hydrogen) atoms. The highest BCUT2D eigenvalue weighted by Crippen LogP contribution is 2.35. The number of hydrogen-bond acceptors (Lipinski definition) is 5. The number of carbonyl (C=O) groups is 2. The van der Waals surface area contributed by atoms with Gasteiger partial charge in [0.1, 0.15) is 11.5 Å². The molecule has 1 heterocycles. The number of nitrogens with zero attached hydrogens (tertiary/aromatic N) is 1. The molecule has 0 atom stereocenters. The summed E-state index contributed by atoms with van der Waals surface area (Å²) in [5.74, 6) is -1.93. The molecule has 2 aromatic rings. The van der Waals surface area contributed by atoms with Crippen molar-refractivity contribution in [3.63, 3.8) is 0 Å². The number of aromatic carboxylic acids is 1. The number of rotatable bonds is 3. The van der Waals surface area contributed by atoms with Gasteiger partial charge in [-0.15, -0.1) is 0 Å². The van der Waals surface area contributed by atoms with E-state index in [0.717, 1.165) is 5.56 Å². The first-order valence-electron chi connectivity index (χ1n) is 6.25. The normalized spacial score (nSPS) is 10.5. The van der Waals surface area contributed by atoms with Gasteiger partial charge in [-0.25, -0.2) is 9.78 Å². The number of carboxylic acid groups (broad SMARTS) is 1. The van der Waals surface area contributed by atoms with E-state index in [1.54, 1.807) is 0 Å². The summed E-state index contributed by atoms with van der Waals surface area (Å²) in [5, 5.41) is 8.35. The number of aromatic nitrogens is 1. The molecule has 0 radical (unpaired) electrons. The molecule has 130 valence electrons. The van der Waals surface area contributed by atoms with Crippen LogP contribution in [0.3, 0.4) is 0 Å². The van der Waals surface area contributed by atoms with Crippen molar-refractivity contribution in [2.45, 2.75) is 19.7 Å². The van der Waals surface area contributed by atoms with E-state index in [4.69, 9.17) is 21.4 Å². The molecule has 0 saturated heterocycles. The first kappa shape index (κ1) is 19.9. The van der Waals surface area contributed by atoms with Crippen molar-refractivity contribution in [1.29, 1.82) is 0 Å². The summed E-state index contributed by atoms with van der Waals surface area (Å²) < 4.78 is 40.5. The number of esters is 1. The van der Waals surface area contributed by atoms with Crippen molar-refractivity contribution in [3.05, 3.63) is 50.9 Å². The van der Waals surface area contributed by atoms with Crippen molar-refractivity contribution in [1.82, 2.24) is 4.98 Å². The first-order chi connectivity index (χ1) is 11.1. The van der Waals surface area contributed by atoms with Gasteiger partial charge in [-0.2, -0.15) is 13.2 Å². The Morgan fingerprint density at radius 2 is 1.88 bits per heavy atom. The van der Waals surface area contributed by atoms with Crippen LogP contribution in [0.5, 0.6) is 0 Å². The van der Waals surface area contributed by atoms with E-state index >= 15 is 0 Å². The Labute approximate surface area is 143 Å². The SMILES string of the molecule is CC(=O)OCc1ccccc1.O=C(O)c1sc(Cl)nc1C(F)(F)F. The largest absolute Gasteiger partial charge is 0.477 e. The highest BCUT2D eigenvalue weighted by atomic mass is 35.5. The van der Waals surface area contributed by atoms with Crippen LogP contribution < -0.4 is 0 Å². The van der Waals surface area contributed by atoms with Crippen molar-refractivity contribution in [2.75, 3.05) is 0 Å². The minimum absolute atomic E-state index is 0.242. The van der Waals surface area contributed by atoms with Crippen LogP contribution in [0, 0.1) is 0 Å². The monoisotopic (exact) mass is 381 g/mol. The second kappa shape index (κ2) is 8.65. The van der Waals surface area contributed by atoms with Gasteiger partial charge in [-0.05, 0) is 5.56 Å². The van der Waals surface area contributed by atoms with Crippen LogP contribution >= 0.6 is 22.9 Å². The number of carboxylic acids is 1. The molecule has 0 aliphatic carbocycles. The highest BCUT2D eigenvalue weighted by molar-refractivity contribution is 7.17. The molecule has 5 nitrogen and oxygen atoms in total. The number of carbonyl (C=O) groups excluding carboxylic acids is 1. The molecule has 0 fully saturated rings. The summed E-state index contributed by atoms with van der Waals surface area (Å²) in [4.78, 5) is 22.7. The smallest absolute Gasteiger partial charge is 0.435 e. The Balaban J connectivity index is 0.000000243. The van der Waals surface area contributed by atoms with Gasteiger partial charge in [0.2, 0.25) is 0 Å². The van der Waals surface area contributed by atoms with E-state index in [1.165, 1.54) is 6.92 Å². The quantitative estimate of drug-likeness (QED) is 0.804. The summed E-state index contributed by atoms with van der Waals surface area (Å²) in [6.07, 6.45) is -4.78. The van der Waals surface area contributed by atoms with Crippen molar-refractivity contribution >= 4 is 34.9 Å². The predicted octanol–water partition coefficient (Wildman–Crippen LogP) is 4.26. The van der Waals surface area contributed by atoms with Gasteiger partial charge in [0.05, 0.1) is 0 Å². The Hall–Kier alpha value is -2.13. The molecule has 0 aliphatic rings. The molecule has 1 N–H and O–H groups in total. The molecule has 0 saturated carbocycles. The second-order valence-electron chi connectivity index (χ2n) is 4.21. The summed E-state index contributed by atoms with van der Waals surface area (Å²) in [7, 11) is 0. The van der Waals surface area contributed by atoms with E-state index in [1.807, 2.05) is 30.3 Å². The highest BCUT2D eigenvalue weighted by Gasteiger charge is 2.39. The van der Waals surface area contributed by atoms with Crippen molar-refractivity contribution in [2.24, 2.45) is 0 Å². The third-order valence-electron chi connectivity index (χ3n) is 2.35. The molecular formula is C14H11ClF3NO4S. The standard InChI is InChI=1S/C9H10O2.C5HClF3NO2S/c1-8(10)11-7-9-5-3-2-4-6-9;6-4-10-2(5(7,8)9)1(13-4)3(11)12/h2-6H,7H2,1H3;(H,11,12). The van der Waals surface area contributed by atoms with Crippen molar-refractivity contribution in [3.8, 4) is 0 Å². The van der Waals surface area contributed by atoms with E-state index < -0.39 is 27.2 Å². The van der Waals surface area contributed by atoms with E-state index in [0.29, 0.717) is 6.61 Å². The maximum atomic E-state index is 12.0. The van der Waals surface area contributed by atoms with E-state index in [9.17, 15) is 22.8 Å². The van der Waals surface area contributed by atoms with Crippen molar-refractivity contribution < 1.29 is 32.6 Å². The lowest BCUT2D eigenvalue weighted by Gasteiger charge is -2.01. The fourth-order valence-corrected chi connectivity index (χ4v) is 2.36. The molecule has 0 unspecified atom stereocenters. The number of ether oxygens (including phenoxy) is 1. The van der Waals surface area contributed by atoms with E-state index in [-0.39, 0.29) is 17.3 Å². The van der Waals surface area contributed by atoms with Crippen LogP contribution in [-0.2, 0) is 22.3 Å². The van der Waals surface area contributed by atoms with Crippen LogP contribution in [0.15, 0.2) is 30.3 Å². The number of benzene rings is 1. The predicted molar refractivity (Wildman–Crippen MR) is 81.0 cm³/mol. The third kappa shape index (κ3) is 6.55. The number of hydrogen-bond donors (Lipinski definition) is 1. The van der Waals surface area contributed by atoms with Crippen LogP contribution in [0.2, 0.25) is 4.47 Å². The fourth-order valence-electron chi connectivity index (χ4n) is 1.39. The zero-order valence-corrected chi connectivity index (χ0v) is 13.7. The van der Waals surface area contributed by atoms with Crippen LogP contribution in [0.4, 0.5) is 13.2 Å². The zero-order valence-electron chi connectivity index (χ0n) is 12.1. The molecule has 1 aromatic heterocycles. The summed E-state index contributed by atoms with van der Waals surface area (Å²) in [6.45, 7) is 1.78. The van der Waals surface area contributed by atoms with Crippen LogP contribution in [0.1, 0.15) is 27.9 Å². The first-order valence-corrected chi connectivity index (χ1v) is 7.44. The molecule has 0 amide bonds. The van der Waals surface area contributed by atoms with Gasteiger partial charge in [0, 0.05) is 6.92 Å². The van der Waals surface area contributed by atoms with Gasteiger partial charge < -0.3 is 9.84 Å². The zero-order chi connectivity index (χ0) is 18.3. The number of thiazole rings is 1. The fraction of sp³-hybridized carbons (Fsp3) is 0.214. The maximum Gasteiger partial charge on any atom is 0.435 e. The number of alkyl halides is 3. The van der Waals surface area contributed by atoms with E-state index in [2.05, 4.69) is 4.98 Å². The molecule has 2 rings (SSSR count). The minimum atomic E-state index is -4.78. The maximum absolute atomic E-state index is 12.0. The van der Waals surface area contributed by atoms with Gasteiger partial charge >= 0.3 is 18.1 Å². The van der Waals surface area contributed by atoms with Crippen LogP contribution in [-0.4, -0.2) is 22.0 Å². The third-order valence-corrected chi connectivity index (χ3v) is 3.50.